The van der Waals surface area contributed by atoms with Crippen molar-refractivity contribution in [1.82, 2.24) is 0 Å². The Morgan fingerprint density at radius 1 is 0.533 bits per heavy atom. The van der Waals surface area contributed by atoms with Crippen LogP contribution >= 0.6 is 23.2 Å². The van der Waals surface area contributed by atoms with Gasteiger partial charge in [0.15, 0.2) is 11.6 Å². The first-order valence-electron chi connectivity index (χ1n) is 8.57. The van der Waals surface area contributed by atoms with Crippen molar-refractivity contribution < 1.29 is 19.2 Å². The monoisotopic (exact) mass is 440 g/mol. The largest absolute Gasteiger partial charge is 0.399 e. The standard InChI is InChI=1S/C22H14Cl2N2O4/c23-21(29)15-7-5-13(25)9-17(15)19(27)11-1-2-12(4-3-11)20(28)18-10-14(26)6-8-16(18)22(24)30/h1-10H,25-26H2. The summed E-state index contributed by atoms with van der Waals surface area (Å²) in [5, 5.41) is -1.57. The van der Waals surface area contributed by atoms with Gasteiger partial charge in [0.25, 0.3) is 10.5 Å². The van der Waals surface area contributed by atoms with E-state index in [4.69, 9.17) is 34.7 Å². The number of ketones is 2. The number of rotatable bonds is 6. The van der Waals surface area contributed by atoms with Crippen LogP contribution in [0.5, 0.6) is 0 Å². The van der Waals surface area contributed by atoms with Crippen LogP contribution in [-0.4, -0.2) is 22.1 Å². The highest BCUT2D eigenvalue weighted by atomic mass is 35.5. The second kappa shape index (κ2) is 8.49. The molecule has 0 saturated carbocycles. The number of anilines is 2. The predicted molar refractivity (Wildman–Crippen MR) is 115 cm³/mol. The third-order valence-corrected chi connectivity index (χ3v) is 4.82. The Hall–Kier alpha value is -3.48. The van der Waals surface area contributed by atoms with E-state index in [1.54, 1.807) is 0 Å². The Balaban J connectivity index is 1.97. The molecule has 8 heteroatoms. The summed E-state index contributed by atoms with van der Waals surface area (Å²) >= 11 is 11.1. The maximum absolute atomic E-state index is 12.8. The molecule has 150 valence electrons. The maximum Gasteiger partial charge on any atom is 0.253 e. The Kier molecular flexibility index (Phi) is 6.01. The molecule has 0 aromatic heterocycles. The SMILES string of the molecule is Nc1ccc(C(=O)Cl)c(C(=O)c2ccc(C(=O)c3cc(N)ccc3C(=O)Cl)cc2)c1. The normalized spacial score (nSPS) is 10.5. The molecular formula is C22H14Cl2N2O4. The van der Waals surface area contributed by atoms with Crippen LogP contribution in [0.3, 0.4) is 0 Å². The van der Waals surface area contributed by atoms with Gasteiger partial charge >= 0.3 is 0 Å². The van der Waals surface area contributed by atoms with Crippen molar-refractivity contribution in [2.45, 2.75) is 0 Å². The van der Waals surface area contributed by atoms with Gasteiger partial charge in [-0.15, -0.1) is 0 Å². The smallest absolute Gasteiger partial charge is 0.253 e. The lowest BCUT2D eigenvalue weighted by atomic mass is 9.94. The zero-order valence-corrected chi connectivity index (χ0v) is 16.8. The van der Waals surface area contributed by atoms with Crippen LogP contribution in [0.4, 0.5) is 11.4 Å². The molecule has 0 aliphatic rings. The molecule has 0 bridgehead atoms. The highest BCUT2D eigenvalue weighted by Crippen LogP contribution is 2.23. The van der Waals surface area contributed by atoms with E-state index in [-0.39, 0.29) is 33.4 Å². The molecule has 30 heavy (non-hydrogen) atoms. The van der Waals surface area contributed by atoms with Crippen molar-refractivity contribution in [1.29, 1.82) is 0 Å². The van der Waals surface area contributed by atoms with Gasteiger partial charge in [0.05, 0.1) is 0 Å². The highest BCUT2D eigenvalue weighted by molar-refractivity contribution is 6.68. The van der Waals surface area contributed by atoms with Gasteiger partial charge in [-0.2, -0.15) is 0 Å². The van der Waals surface area contributed by atoms with Gasteiger partial charge in [-0.25, -0.2) is 0 Å². The Labute approximate surface area is 181 Å². The molecule has 4 N–H and O–H groups in total. The molecule has 0 atom stereocenters. The summed E-state index contributed by atoms with van der Waals surface area (Å²) in [5.41, 5.74) is 12.6. The van der Waals surface area contributed by atoms with Gasteiger partial charge in [-0.1, -0.05) is 24.3 Å². The second-order valence-corrected chi connectivity index (χ2v) is 7.08. The molecule has 6 nitrogen and oxygen atoms in total. The quantitative estimate of drug-likeness (QED) is 0.338. The van der Waals surface area contributed by atoms with E-state index in [9.17, 15) is 19.2 Å². The summed E-state index contributed by atoms with van der Waals surface area (Å²) in [4.78, 5) is 48.9. The minimum absolute atomic E-state index is 0.0287. The van der Waals surface area contributed by atoms with E-state index < -0.39 is 22.1 Å². The lowest BCUT2D eigenvalue weighted by Crippen LogP contribution is -2.10. The zero-order chi connectivity index (χ0) is 22.0. The van der Waals surface area contributed by atoms with Crippen molar-refractivity contribution in [2.75, 3.05) is 11.5 Å². The van der Waals surface area contributed by atoms with Crippen molar-refractivity contribution in [3.05, 3.63) is 94.0 Å². The van der Waals surface area contributed by atoms with Crippen LogP contribution in [0.2, 0.25) is 0 Å². The first-order chi connectivity index (χ1) is 14.2. The third kappa shape index (κ3) is 4.25. The zero-order valence-electron chi connectivity index (χ0n) is 15.3. The summed E-state index contributed by atoms with van der Waals surface area (Å²) in [5.74, 6) is -0.961. The maximum atomic E-state index is 12.8. The van der Waals surface area contributed by atoms with Crippen LogP contribution < -0.4 is 11.5 Å². The molecule has 0 radical (unpaired) electrons. The summed E-state index contributed by atoms with van der Waals surface area (Å²) in [7, 11) is 0. The second-order valence-electron chi connectivity index (χ2n) is 6.39. The highest BCUT2D eigenvalue weighted by Gasteiger charge is 2.20. The fraction of sp³-hybridized carbons (Fsp3) is 0. The molecule has 0 aliphatic heterocycles. The van der Waals surface area contributed by atoms with Crippen LogP contribution in [-0.2, 0) is 0 Å². The van der Waals surface area contributed by atoms with Crippen LogP contribution in [0.1, 0.15) is 52.6 Å². The molecule has 0 fully saturated rings. The molecule has 3 rings (SSSR count). The first kappa shape index (κ1) is 21.2. The Bertz CT molecular complexity index is 1110. The van der Waals surface area contributed by atoms with Gasteiger partial charge in [0.1, 0.15) is 0 Å². The van der Waals surface area contributed by atoms with Crippen LogP contribution in [0.25, 0.3) is 0 Å². The van der Waals surface area contributed by atoms with Gasteiger partial charge in [-0.3, -0.25) is 19.2 Å². The van der Waals surface area contributed by atoms with Crippen molar-refractivity contribution in [3.63, 3.8) is 0 Å². The van der Waals surface area contributed by atoms with E-state index in [0.717, 1.165) is 0 Å². The molecule has 3 aromatic carbocycles. The number of carbonyl (C=O) groups is 4. The fourth-order valence-corrected chi connectivity index (χ4v) is 3.26. The minimum Gasteiger partial charge on any atom is -0.399 e. The lowest BCUT2D eigenvalue weighted by molar-refractivity contribution is 0.101. The summed E-state index contributed by atoms with van der Waals surface area (Å²) in [6.07, 6.45) is 0. The molecule has 0 amide bonds. The van der Waals surface area contributed by atoms with Crippen molar-refractivity contribution in [3.8, 4) is 0 Å². The van der Waals surface area contributed by atoms with Crippen LogP contribution in [0, 0.1) is 0 Å². The topological polar surface area (TPSA) is 120 Å². The third-order valence-electron chi connectivity index (χ3n) is 4.41. The number of benzene rings is 3. The summed E-state index contributed by atoms with van der Waals surface area (Å²) < 4.78 is 0. The van der Waals surface area contributed by atoms with Gasteiger partial charge < -0.3 is 11.5 Å². The average molecular weight is 441 g/mol. The van der Waals surface area contributed by atoms with E-state index in [1.165, 1.54) is 60.7 Å². The number of hydrogen-bond donors (Lipinski definition) is 2. The van der Waals surface area contributed by atoms with Gasteiger partial charge in [-0.05, 0) is 59.6 Å². The van der Waals surface area contributed by atoms with E-state index in [2.05, 4.69) is 0 Å². The summed E-state index contributed by atoms with van der Waals surface area (Å²) in [6, 6.07) is 14.1. The predicted octanol–water partition coefficient (Wildman–Crippen LogP) is 4.07. The van der Waals surface area contributed by atoms with Crippen molar-refractivity contribution in [2.24, 2.45) is 0 Å². The molecule has 0 spiro atoms. The molecular weight excluding hydrogens is 427 g/mol. The van der Waals surface area contributed by atoms with E-state index in [0.29, 0.717) is 11.4 Å². The number of nitrogens with two attached hydrogens (primary N) is 2. The Morgan fingerprint density at radius 3 is 1.17 bits per heavy atom. The molecule has 0 saturated heterocycles. The van der Waals surface area contributed by atoms with E-state index in [1.807, 2.05) is 0 Å². The minimum atomic E-state index is -0.787. The molecule has 3 aromatic rings. The van der Waals surface area contributed by atoms with Gasteiger partial charge in [0.2, 0.25) is 0 Å². The number of halogens is 2. The Morgan fingerprint density at radius 2 is 0.867 bits per heavy atom. The number of hydrogen-bond acceptors (Lipinski definition) is 6. The first-order valence-corrected chi connectivity index (χ1v) is 9.33. The number of nitrogen functional groups attached to an aromatic ring is 2. The van der Waals surface area contributed by atoms with E-state index >= 15 is 0 Å². The lowest BCUT2D eigenvalue weighted by Gasteiger charge is -2.09. The fourth-order valence-electron chi connectivity index (χ4n) is 2.93. The van der Waals surface area contributed by atoms with Gasteiger partial charge in [0, 0.05) is 44.8 Å². The molecule has 0 heterocycles. The molecule has 0 aliphatic carbocycles. The van der Waals surface area contributed by atoms with Crippen LogP contribution in [0.15, 0.2) is 60.7 Å². The number of carbonyl (C=O) groups excluding carboxylic acids is 4. The summed E-state index contributed by atoms with van der Waals surface area (Å²) in [6.45, 7) is 0. The van der Waals surface area contributed by atoms with Crippen molar-refractivity contribution >= 4 is 56.6 Å². The average Bonchev–Trinajstić information content (AvgIpc) is 2.72. The molecule has 0 unspecified atom stereocenters.